The van der Waals surface area contributed by atoms with Gasteiger partial charge in [-0.15, -0.1) is 0 Å². The number of hydrogen-bond donors (Lipinski definition) is 1. The summed E-state index contributed by atoms with van der Waals surface area (Å²) in [5.74, 6) is -0.416. The second kappa shape index (κ2) is 6.01. The number of furan rings is 1. The summed E-state index contributed by atoms with van der Waals surface area (Å²) in [6.45, 7) is 3.46. The van der Waals surface area contributed by atoms with Crippen LogP contribution in [0.2, 0.25) is 5.02 Å². The van der Waals surface area contributed by atoms with Crippen LogP contribution in [0.3, 0.4) is 0 Å². The smallest absolute Gasteiger partial charge is 0.339 e. The topological polar surface area (TPSA) is 68.5 Å². The molecule has 0 aliphatic heterocycles. The van der Waals surface area contributed by atoms with Gasteiger partial charge in [0, 0.05) is 10.6 Å². The standard InChI is InChI=1S/C15H14ClNO4/c1-8-7-21-9(2)13(8)14(18)17-12-6-10(16)4-5-11(12)15(19)20-3/h4-7H,1-3H3,(H,17,18). The predicted octanol–water partition coefficient (Wildman–Crippen LogP) is 3.59. The molecule has 2 rings (SSSR count). The third-order valence-electron chi connectivity index (χ3n) is 3.02. The number of rotatable bonds is 3. The van der Waals surface area contributed by atoms with Crippen molar-refractivity contribution >= 4 is 29.2 Å². The largest absolute Gasteiger partial charge is 0.469 e. The highest BCUT2D eigenvalue weighted by molar-refractivity contribution is 6.31. The van der Waals surface area contributed by atoms with Crippen molar-refractivity contribution in [2.45, 2.75) is 13.8 Å². The van der Waals surface area contributed by atoms with E-state index in [1.54, 1.807) is 19.9 Å². The van der Waals surface area contributed by atoms with Crippen molar-refractivity contribution in [2.24, 2.45) is 0 Å². The number of esters is 1. The molecule has 0 fully saturated rings. The van der Waals surface area contributed by atoms with Gasteiger partial charge in [0.25, 0.3) is 5.91 Å². The fourth-order valence-corrected chi connectivity index (χ4v) is 2.18. The number of aryl methyl sites for hydroxylation is 2. The highest BCUT2D eigenvalue weighted by Gasteiger charge is 2.19. The van der Waals surface area contributed by atoms with Crippen molar-refractivity contribution in [1.82, 2.24) is 0 Å². The average molecular weight is 308 g/mol. The maximum absolute atomic E-state index is 12.3. The summed E-state index contributed by atoms with van der Waals surface area (Å²) < 4.78 is 9.88. The number of hydrogen-bond acceptors (Lipinski definition) is 4. The Morgan fingerprint density at radius 1 is 1.29 bits per heavy atom. The van der Waals surface area contributed by atoms with Gasteiger partial charge in [0.05, 0.1) is 30.2 Å². The number of halogens is 1. The SMILES string of the molecule is COC(=O)c1ccc(Cl)cc1NC(=O)c1c(C)coc1C. The summed E-state index contributed by atoms with van der Waals surface area (Å²) in [6, 6.07) is 4.55. The number of amides is 1. The summed E-state index contributed by atoms with van der Waals surface area (Å²) in [5.41, 5.74) is 1.67. The minimum atomic E-state index is -0.553. The van der Waals surface area contributed by atoms with Crippen LogP contribution in [0.5, 0.6) is 0 Å². The van der Waals surface area contributed by atoms with Gasteiger partial charge >= 0.3 is 5.97 Å². The molecule has 5 nitrogen and oxygen atoms in total. The van der Waals surface area contributed by atoms with Gasteiger partial charge in [-0.3, -0.25) is 4.79 Å². The van der Waals surface area contributed by atoms with Crippen LogP contribution in [0.1, 0.15) is 32.0 Å². The van der Waals surface area contributed by atoms with Crippen LogP contribution in [0.25, 0.3) is 0 Å². The molecule has 1 heterocycles. The average Bonchev–Trinajstić information content (AvgIpc) is 2.77. The molecule has 0 radical (unpaired) electrons. The molecule has 0 atom stereocenters. The van der Waals surface area contributed by atoms with E-state index in [4.69, 9.17) is 16.0 Å². The monoisotopic (exact) mass is 307 g/mol. The molecule has 1 aromatic carbocycles. The predicted molar refractivity (Wildman–Crippen MR) is 78.9 cm³/mol. The van der Waals surface area contributed by atoms with E-state index < -0.39 is 5.97 Å². The van der Waals surface area contributed by atoms with Gasteiger partial charge in [-0.1, -0.05) is 11.6 Å². The van der Waals surface area contributed by atoms with Crippen LogP contribution in [-0.2, 0) is 4.74 Å². The molecule has 0 aliphatic carbocycles. The van der Waals surface area contributed by atoms with Crippen molar-refractivity contribution in [2.75, 3.05) is 12.4 Å². The Hall–Kier alpha value is -2.27. The van der Waals surface area contributed by atoms with E-state index in [9.17, 15) is 9.59 Å². The Morgan fingerprint density at radius 2 is 2.00 bits per heavy atom. The van der Waals surface area contributed by atoms with Crippen molar-refractivity contribution in [3.8, 4) is 0 Å². The maximum atomic E-state index is 12.3. The Morgan fingerprint density at radius 3 is 2.57 bits per heavy atom. The molecule has 0 unspecified atom stereocenters. The quantitative estimate of drug-likeness (QED) is 0.880. The zero-order valence-corrected chi connectivity index (χ0v) is 12.6. The second-order valence-corrected chi connectivity index (χ2v) is 4.92. The van der Waals surface area contributed by atoms with Gasteiger partial charge in [0.1, 0.15) is 5.76 Å². The minimum Gasteiger partial charge on any atom is -0.469 e. The molecule has 0 aliphatic rings. The Labute approximate surface area is 126 Å². The first-order chi connectivity index (χ1) is 9.93. The number of methoxy groups -OCH3 is 1. The molecule has 6 heteroatoms. The van der Waals surface area contributed by atoms with E-state index in [1.165, 1.54) is 25.5 Å². The van der Waals surface area contributed by atoms with E-state index >= 15 is 0 Å². The second-order valence-electron chi connectivity index (χ2n) is 4.49. The van der Waals surface area contributed by atoms with Crippen LogP contribution in [0, 0.1) is 13.8 Å². The van der Waals surface area contributed by atoms with Crippen LogP contribution in [-0.4, -0.2) is 19.0 Å². The van der Waals surface area contributed by atoms with Crippen LogP contribution >= 0.6 is 11.6 Å². The molecule has 1 N–H and O–H groups in total. The number of nitrogens with one attached hydrogen (secondary N) is 1. The summed E-state index contributed by atoms with van der Waals surface area (Å²) >= 11 is 5.91. The maximum Gasteiger partial charge on any atom is 0.339 e. The van der Waals surface area contributed by atoms with Gasteiger partial charge in [0.15, 0.2) is 0 Å². The molecule has 0 bridgehead atoms. The Bertz CT molecular complexity index is 686. The zero-order chi connectivity index (χ0) is 15.6. The molecule has 0 spiro atoms. The molecule has 0 saturated heterocycles. The first-order valence-corrected chi connectivity index (χ1v) is 6.55. The van der Waals surface area contributed by atoms with Gasteiger partial charge in [0.2, 0.25) is 0 Å². The summed E-state index contributed by atoms with van der Waals surface area (Å²) in [7, 11) is 1.27. The lowest BCUT2D eigenvalue weighted by atomic mass is 10.1. The first-order valence-electron chi connectivity index (χ1n) is 6.18. The van der Waals surface area contributed by atoms with Crippen molar-refractivity contribution in [1.29, 1.82) is 0 Å². The summed E-state index contributed by atoms with van der Waals surface area (Å²) in [4.78, 5) is 24.0. The number of benzene rings is 1. The molecular formula is C15H14ClNO4. The zero-order valence-electron chi connectivity index (χ0n) is 11.8. The molecule has 21 heavy (non-hydrogen) atoms. The molecule has 1 aromatic heterocycles. The molecule has 1 amide bonds. The molecular weight excluding hydrogens is 294 g/mol. The Kier molecular flexibility index (Phi) is 4.33. The van der Waals surface area contributed by atoms with Gasteiger partial charge < -0.3 is 14.5 Å². The Balaban J connectivity index is 2.37. The lowest BCUT2D eigenvalue weighted by Crippen LogP contribution is -2.16. The third kappa shape index (κ3) is 3.08. The highest BCUT2D eigenvalue weighted by atomic mass is 35.5. The third-order valence-corrected chi connectivity index (χ3v) is 3.26. The van der Waals surface area contributed by atoms with E-state index in [0.29, 0.717) is 27.6 Å². The van der Waals surface area contributed by atoms with Crippen LogP contribution in [0.4, 0.5) is 5.69 Å². The van der Waals surface area contributed by atoms with E-state index in [1.807, 2.05) is 0 Å². The van der Waals surface area contributed by atoms with Crippen molar-refractivity contribution in [3.63, 3.8) is 0 Å². The van der Waals surface area contributed by atoms with Gasteiger partial charge in [-0.05, 0) is 32.0 Å². The first kappa shape index (κ1) is 15.1. The fourth-order valence-electron chi connectivity index (χ4n) is 2.00. The van der Waals surface area contributed by atoms with Crippen molar-refractivity contribution in [3.05, 3.63) is 51.9 Å². The molecule has 0 saturated carbocycles. The van der Waals surface area contributed by atoms with E-state index in [2.05, 4.69) is 10.1 Å². The van der Waals surface area contributed by atoms with Gasteiger partial charge in [-0.25, -0.2) is 4.79 Å². The van der Waals surface area contributed by atoms with E-state index in [-0.39, 0.29) is 11.5 Å². The number of anilines is 1. The molecule has 110 valence electrons. The minimum absolute atomic E-state index is 0.231. The fraction of sp³-hybridized carbons (Fsp3) is 0.200. The van der Waals surface area contributed by atoms with Gasteiger partial charge in [-0.2, -0.15) is 0 Å². The lowest BCUT2D eigenvalue weighted by molar-refractivity contribution is 0.0602. The normalized spacial score (nSPS) is 10.3. The summed E-state index contributed by atoms with van der Waals surface area (Å²) in [5, 5.41) is 3.07. The number of carbonyl (C=O) groups is 2. The summed E-state index contributed by atoms with van der Waals surface area (Å²) in [6.07, 6.45) is 1.50. The van der Waals surface area contributed by atoms with Crippen molar-refractivity contribution < 1.29 is 18.7 Å². The number of carbonyl (C=O) groups excluding carboxylic acids is 2. The van der Waals surface area contributed by atoms with Crippen LogP contribution in [0.15, 0.2) is 28.9 Å². The number of ether oxygens (including phenoxy) is 1. The van der Waals surface area contributed by atoms with E-state index in [0.717, 1.165) is 0 Å². The van der Waals surface area contributed by atoms with Crippen LogP contribution < -0.4 is 5.32 Å². The lowest BCUT2D eigenvalue weighted by Gasteiger charge is -2.10. The highest BCUT2D eigenvalue weighted by Crippen LogP contribution is 2.24. The molecule has 2 aromatic rings.